The summed E-state index contributed by atoms with van der Waals surface area (Å²) < 4.78 is 0. The number of para-hydroxylation sites is 1. The largest absolute Gasteiger partial charge is 0.476 e. The van der Waals surface area contributed by atoms with Crippen LogP contribution in [0.5, 0.6) is 0 Å². The minimum atomic E-state index is -1.01. The van der Waals surface area contributed by atoms with Crippen molar-refractivity contribution in [3.05, 3.63) is 66.4 Å². The fourth-order valence-corrected chi connectivity index (χ4v) is 2.12. The molecule has 0 aliphatic carbocycles. The summed E-state index contributed by atoms with van der Waals surface area (Å²) in [5, 5.41) is 10.3. The second-order valence-electron chi connectivity index (χ2n) is 4.25. The molecule has 0 atom stereocenters. The van der Waals surface area contributed by atoms with Crippen molar-refractivity contribution in [3.8, 4) is 11.1 Å². The minimum absolute atomic E-state index is 0. The molecule has 93 valence electrons. The van der Waals surface area contributed by atoms with Gasteiger partial charge in [0.2, 0.25) is 0 Å². The first-order valence-corrected chi connectivity index (χ1v) is 5.94. The third kappa shape index (κ3) is 2.75. The smallest absolute Gasteiger partial charge is 0.355 e. The van der Waals surface area contributed by atoms with Gasteiger partial charge < -0.3 is 5.11 Å². The van der Waals surface area contributed by atoms with Gasteiger partial charge in [-0.15, -0.1) is 0 Å². The Morgan fingerprint density at radius 3 is 2.30 bits per heavy atom. The molecule has 1 heterocycles. The number of hydrogen-bond acceptors (Lipinski definition) is 2. The summed E-state index contributed by atoms with van der Waals surface area (Å²) in [4.78, 5) is 15.6. The van der Waals surface area contributed by atoms with Crippen LogP contribution < -0.4 is 0 Å². The molecule has 20 heavy (non-hydrogen) atoms. The summed E-state index contributed by atoms with van der Waals surface area (Å²) in [6, 6.07) is 18.8. The first-order chi connectivity index (χ1) is 9.25. The van der Waals surface area contributed by atoms with Crippen molar-refractivity contribution in [2.75, 3.05) is 0 Å². The van der Waals surface area contributed by atoms with Crippen LogP contribution in [0.25, 0.3) is 22.0 Å². The summed E-state index contributed by atoms with van der Waals surface area (Å²) in [5.41, 5.74) is 2.29. The SMILES string of the molecule is O=C(O)c1nc2ccccc2cc1-c1ccccc1.[Na]. The maximum absolute atomic E-state index is 11.4. The molecule has 0 fully saturated rings. The summed E-state index contributed by atoms with van der Waals surface area (Å²) in [6.45, 7) is 0. The van der Waals surface area contributed by atoms with Gasteiger partial charge in [0.15, 0.2) is 5.69 Å². The Labute approximate surface area is 138 Å². The third-order valence-electron chi connectivity index (χ3n) is 3.01. The van der Waals surface area contributed by atoms with Gasteiger partial charge in [-0.05, 0) is 17.7 Å². The monoisotopic (exact) mass is 272 g/mol. The van der Waals surface area contributed by atoms with E-state index in [0.717, 1.165) is 10.9 Å². The molecule has 0 unspecified atom stereocenters. The minimum Gasteiger partial charge on any atom is -0.476 e. The van der Waals surface area contributed by atoms with Gasteiger partial charge in [0.25, 0.3) is 0 Å². The number of hydrogen-bond donors (Lipinski definition) is 1. The Morgan fingerprint density at radius 1 is 0.950 bits per heavy atom. The average Bonchev–Trinajstić information content (AvgIpc) is 2.46. The Hall–Kier alpha value is -1.68. The molecule has 3 nitrogen and oxygen atoms in total. The fraction of sp³-hybridized carbons (Fsp3) is 0. The standard InChI is InChI=1S/C16H11NO2.Na/c18-16(19)15-13(11-6-2-1-3-7-11)10-12-8-4-5-9-14(12)17-15;/h1-10H,(H,18,19);. The van der Waals surface area contributed by atoms with Crippen LogP contribution in [0, 0.1) is 0 Å². The van der Waals surface area contributed by atoms with Crippen molar-refractivity contribution in [3.63, 3.8) is 0 Å². The van der Waals surface area contributed by atoms with Gasteiger partial charge in [-0.25, -0.2) is 9.78 Å². The number of rotatable bonds is 2. The molecular formula is C16H11NNaO2. The van der Waals surface area contributed by atoms with E-state index in [2.05, 4.69) is 4.98 Å². The first kappa shape index (κ1) is 14.7. The topological polar surface area (TPSA) is 50.2 Å². The van der Waals surface area contributed by atoms with E-state index in [1.165, 1.54) is 0 Å². The van der Waals surface area contributed by atoms with Crippen molar-refractivity contribution < 1.29 is 9.90 Å². The van der Waals surface area contributed by atoms with Crippen molar-refractivity contribution in [1.29, 1.82) is 0 Å². The molecule has 0 spiro atoms. The van der Waals surface area contributed by atoms with Gasteiger partial charge >= 0.3 is 5.97 Å². The molecule has 0 aliphatic rings. The Bertz CT molecular complexity index is 757. The number of carboxylic acid groups (broad SMARTS) is 1. The summed E-state index contributed by atoms with van der Waals surface area (Å²) in [5.74, 6) is -1.01. The predicted octanol–water partition coefficient (Wildman–Crippen LogP) is 3.22. The van der Waals surface area contributed by atoms with Crippen LogP contribution in [0.1, 0.15) is 10.5 Å². The van der Waals surface area contributed by atoms with Crippen molar-refractivity contribution >= 4 is 46.4 Å². The zero-order valence-electron chi connectivity index (χ0n) is 11.1. The molecule has 3 rings (SSSR count). The van der Waals surface area contributed by atoms with E-state index in [1.54, 1.807) is 0 Å². The van der Waals surface area contributed by atoms with Crippen LogP contribution >= 0.6 is 0 Å². The summed E-state index contributed by atoms with van der Waals surface area (Å²) >= 11 is 0. The van der Waals surface area contributed by atoms with Crippen molar-refractivity contribution in [2.45, 2.75) is 0 Å². The third-order valence-corrected chi connectivity index (χ3v) is 3.01. The van der Waals surface area contributed by atoms with Crippen LogP contribution in [-0.2, 0) is 0 Å². The Morgan fingerprint density at radius 2 is 1.60 bits per heavy atom. The Balaban J connectivity index is 0.00000147. The molecule has 0 bridgehead atoms. The van der Waals surface area contributed by atoms with Gasteiger partial charge in [0.1, 0.15) is 0 Å². The molecular weight excluding hydrogens is 261 g/mol. The van der Waals surface area contributed by atoms with Crippen LogP contribution in [0.3, 0.4) is 0 Å². The molecule has 1 aromatic heterocycles. The molecule has 0 saturated heterocycles. The van der Waals surface area contributed by atoms with Crippen molar-refractivity contribution in [2.24, 2.45) is 0 Å². The van der Waals surface area contributed by atoms with E-state index in [9.17, 15) is 9.90 Å². The quantitative estimate of drug-likeness (QED) is 0.729. The zero-order valence-corrected chi connectivity index (χ0v) is 13.1. The number of benzene rings is 2. The second-order valence-corrected chi connectivity index (χ2v) is 4.25. The maximum atomic E-state index is 11.4. The zero-order chi connectivity index (χ0) is 13.2. The molecule has 0 saturated carbocycles. The van der Waals surface area contributed by atoms with Crippen LogP contribution in [0.2, 0.25) is 0 Å². The van der Waals surface area contributed by atoms with Gasteiger partial charge in [-0.3, -0.25) is 0 Å². The molecule has 4 heteroatoms. The fourth-order valence-electron chi connectivity index (χ4n) is 2.12. The van der Waals surface area contributed by atoms with E-state index in [-0.39, 0.29) is 35.3 Å². The first-order valence-electron chi connectivity index (χ1n) is 5.94. The number of fused-ring (bicyclic) bond motifs is 1. The van der Waals surface area contributed by atoms with E-state index in [0.29, 0.717) is 11.1 Å². The number of carbonyl (C=O) groups is 1. The normalized spacial score (nSPS) is 10.0. The molecule has 0 amide bonds. The molecule has 1 radical (unpaired) electrons. The van der Waals surface area contributed by atoms with E-state index in [4.69, 9.17) is 0 Å². The number of pyridine rings is 1. The predicted molar refractivity (Wildman–Crippen MR) is 79.9 cm³/mol. The van der Waals surface area contributed by atoms with Gasteiger partial charge in [0, 0.05) is 40.5 Å². The van der Waals surface area contributed by atoms with Gasteiger partial charge in [-0.2, -0.15) is 0 Å². The average molecular weight is 272 g/mol. The number of nitrogens with zero attached hydrogens (tertiary/aromatic N) is 1. The van der Waals surface area contributed by atoms with E-state index in [1.807, 2.05) is 60.7 Å². The van der Waals surface area contributed by atoms with Gasteiger partial charge in [-0.1, -0.05) is 48.5 Å². The van der Waals surface area contributed by atoms with Gasteiger partial charge in [0.05, 0.1) is 5.52 Å². The summed E-state index contributed by atoms with van der Waals surface area (Å²) in [7, 11) is 0. The summed E-state index contributed by atoms with van der Waals surface area (Å²) in [6.07, 6.45) is 0. The van der Waals surface area contributed by atoms with E-state index < -0.39 is 5.97 Å². The Kier molecular flexibility index (Phi) is 4.55. The number of aromatic nitrogens is 1. The molecule has 2 aromatic carbocycles. The number of aromatic carboxylic acids is 1. The second kappa shape index (κ2) is 6.18. The van der Waals surface area contributed by atoms with E-state index >= 15 is 0 Å². The molecule has 0 aliphatic heterocycles. The van der Waals surface area contributed by atoms with Crippen molar-refractivity contribution in [1.82, 2.24) is 4.98 Å². The van der Waals surface area contributed by atoms with Crippen LogP contribution in [0.4, 0.5) is 0 Å². The van der Waals surface area contributed by atoms with Crippen LogP contribution in [0.15, 0.2) is 60.7 Å². The van der Waals surface area contributed by atoms with Crippen LogP contribution in [-0.4, -0.2) is 45.6 Å². The molecule has 3 aromatic rings. The maximum Gasteiger partial charge on any atom is 0.355 e. The molecule has 1 N–H and O–H groups in total. The number of carboxylic acids is 1.